The summed E-state index contributed by atoms with van der Waals surface area (Å²) >= 11 is 0. The molecule has 1 saturated heterocycles. The van der Waals surface area contributed by atoms with E-state index in [1.807, 2.05) is 76.7 Å². The topological polar surface area (TPSA) is 237 Å². The van der Waals surface area contributed by atoms with Crippen LogP contribution in [0.2, 0.25) is 0 Å². The molecule has 19 nitrogen and oxygen atoms in total. The molecular weight excluding hydrogens is 795 g/mol. The van der Waals surface area contributed by atoms with Crippen molar-refractivity contribution in [2.24, 2.45) is 11.5 Å². The van der Waals surface area contributed by atoms with Gasteiger partial charge in [0.05, 0.1) is 36.6 Å². The van der Waals surface area contributed by atoms with Crippen LogP contribution in [0.4, 0.5) is 11.9 Å². The number of nitrogens with one attached hydrogen (secondary N) is 2. The molecule has 62 heavy (non-hydrogen) atoms. The third-order valence-corrected chi connectivity index (χ3v) is 10.5. The molecule has 1 aliphatic rings. The van der Waals surface area contributed by atoms with Crippen molar-refractivity contribution in [3.8, 4) is 5.75 Å². The highest BCUT2D eigenvalue weighted by atomic mass is 16.5. The zero-order valence-electron chi connectivity index (χ0n) is 35.8. The second-order valence-electron chi connectivity index (χ2n) is 15.9. The van der Waals surface area contributed by atoms with Gasteiger partial charge in [0.15, 0.2) is 11.5 Å². The van der Waals surface area contributed by atoms with Gasteiger partial charge in [-0.1, -0.05) is 12.2 Å². The molecule has 326 valence electrons. The molecule has 5 aromatic heterocycles. The average Bonchev–Trinajstić information content (AvgIpc) is 4.01. The molecule has 4 amide bonds. The lowest BCUT2D eigenvalue weighted by atomic mass is 10.1. The molecule has 6 N–H and O–H groups in total. The Hall–Kier alpha value is -6.86. The van der Waals surface area contributed by atoms with Gasteiger partial charge in [-0.15, -0.1) is 0 Å². The molecule has 6 heterocycles. The number of pyridine rings is 1. The van der Waals surface area contributed by atoms with E-state index in [1.54, 1.807) is 25.8 Å². The van der Waals surface area contributed by atoms with Crippen molar-refractivity contribution in [1.82, 2.24) is 43.1 Å². The molecular formula is C43H53N13O6. The second-order valence-corrected chi connectivity index (χ2v) is 15.9. The molecule has 0 bridgehead atoms. The minimum absolute atomic E-state index is 0.0318. The predicted octanol–water partition coefficient (Wildman–Crippen LogP) is 4.62. The number of anilines is 2. The quantitative estimate of drug-likeness (QED) is 0.0730. The van der Waals surface area contributed by atoms with E-state index < -0.39 is 17.7 Å². The van der Waals surface area contributed by atoms with Crippen molar-refractivity contribution in [3.63, 3.8) is 0 Å². The maximum absolute atomic E-state index is 13.9. The van der Waals surface area contributed by atoms with Gasteiger partial charge in [-0.25, -0.2) is 19.9 Å². The number of aromatic nitrogens is 8. The molecule has 0 radical (unpaired) electrons. The molecule has 1 aliphatic heterocycles. The molecule has 0 spiro atoms. The Morgan fingerprint density at radius 2 is 1.45 bits per heavy atom. The lowest BCUT2D eigenvalue weighted by Gasteiger charge is -2.26. The first-order chi connectivity index (χ1) is 29.7. The highest BCUT2D eigenvalue weighted by Crippen LogP contribution is 2.32. The van der Waals surface area contributed by atoms with Gasteiger partial charge in [0.2, 0.25) is 23.7 Å². The number of nitrogens with two attached hydrogens (primary N) is 2. The SMILES string of the molecule is Cc1cc(C(=O)Nc2nc3cc(C(N)=O)cnc3n2C/C=C/Cn2c(NC(=O)c3nc(C)cn3C(C)C)nc3cc(C(N)=O)cc(OCCCN4CCOCC4)c32)n(C(C)C)c1. The van der Waals surface area contributed by atoms with E-state index in [9.17, 15) is 19.2 Å². The number of hydrogen-bond donors (Lipinski definition) is 4. The van der Waals surface area contributed by atoms with E-state index in [0.717, 1.165) is 25.2 Å². The molecule has 0 atom stereocenters. The van der Waals surface area contributed by atoms with Crippen molar-refractivity contribution in [3.05, 3.63) is 88.9 Å². The molecule has 6 aromatic rings. The van der Waals surface area contributed by atoms with Crippen LogP contribution in [0, 0.1) is 13.8 Å². The van der Waals surface area contributed by atoms with Gasteiger partial charge >= 0.3 is 0 Å². The van der Waals surface area contributed by atoms with E-state index in [4.69, 9.17) is 25.9 Å². The van der Waals surface area contributed by atoms with Crippen LogP contribution in [-0.2, 0) is 17.8 Å². The Kier molecular flexibility index (Phi) is 12.8. The first kappa shape index (κ1) is 43.2. The fourth-order valence-electron chi connectivity index (χ4n) is 7.45. The Balaban J connectivity index is 1.23. The number of nitrogens with zero attached hydrogens (tertiary/aromatic N) is 9. The number of benzene rings is 1. The number of fused-ring (bicyclic) bond motifs is 2. The second kappa shape index (κ2) is 18.4. The van der Waals surface area contributed by atoms with Crippen molar-refractivity contribution in [1.29, 1.82) is 0 Å². The number of aryl methyl sites for hydroxylation is 2. The van der Waals surface area contributed by atoms with Gasteiger partial charge in [-0.3, -0.25) is 39.3 Å². The maximum Gasteiger partial charge on any atom is 0.293 e. The lowest BCUT2D eigenvalue weighted by Crippen LogP contribution is -2.37. The summed E-state index contributed by atoms with van der Waals surface area (Å²) in [6.45, 7) is 16.2. The molecule has 1 fully saturated rings. The molecule has 7 rings (SSSR count). The van der Waals surface area contributed by atoms with Crippen molar-refractivity contribution < 1.29 is 28.7 Å². The Bertz CT molecular complexity index is 2680. The largest absolute Gasteiger partial charge is 0.491 e. The van der Waals surface area contributed by atoms with E-state index in [1.165, 1.54) is 12.3 Å². The van der Waals surface area contributed by atoms with Crippen LogP contribution in [-0.4, -0.2) is 106 Å². The Morgan fingerprint density at radius 3 is 2.15 bits per heavy atom. The van der Waals surface area contributed by atoms with Crippen LogP contribution < -0.4 is 26.8 Å². The number of allylic oxidation sites excluding steroid dienone is 2. The number of rotatable bonds is 17. The molecule has 19 heteroatoms. The highest BCUT2D eigenvalue weighted by molar-refractivity contribution is 6.04. The van der Waals surface area contributed by atoms with Gasteiger partial charge in [0, 0.05) is 69.0 Å². The lowest BCUT2D eigenvalue weighted by molar-refractivity contribution is 0.0358. The molecule has 0 saturated carbocycles. The Labute approximate surface area is 358 Å². The van der Waals surface area contributed by atoms with E-state index in [2.05, 4.69) is 30.5 Å². The summed E-state index contributed by atoms with van der Waals surface area (Å²) in [6.07, 6.45) is 9.53. The maximum atomic E-state index is 13.9. The number of ether oxygens (including phenoxy) is 2. The first-order valence-electron chi connectivity index (χ1n) is 20.6. The summed E-state index contributed by atoms with van der Waals surface area (Å²) in [5.74, 6) is -1.16. The zero-order valence-corrected chi connectivity index (χ0v) is 35.8. The smallest absolute Gasteiger partial charge is 0.293 e. The predicted molar refractivity (Wildman–Crippen MR) is 234 cm³/mol. The fourth-order valence-corrected chi connectivity index (χ4v) is 7.45. The number of carbonyl (C=O) groups is 4. The third-order valence-electron chi connectivity index (χ3n) is 10.5. The summed E-state index contributed by atoms with van der Waals surface area (Å²) in [5, 5.41) is 5.90. The molecule has 1 aromatic carbocycles. The number of carbonyl (C=O) groups excluding carboxylic acids is 4. The minimum atomic E-state index is -0.660. The van der Waals surface area contributed by atoms with Crippen LogP contribution >= 0.6 is 0 Å². The van der Waals surface area contributed by atoms with Crippen LogP contribution in [0.15, 0.2) is 55.0 Å². The van der Waals surface area contributed by atoms with E-state index in [0.29, 0.717) is 65.6 Å². The van der Waals surface area contributed by atoms with Crippen molar-refractivity contribution >= 4 is 57.7 Å². The van der Waals surface area contributed by atoms with Crippen molar-refractivity contribution in [2.75, 3.05) is 50.1 Å². The van der Waals surface area contributed by atoms with E-state index in [-0.39, 0.29) is 59.9 Å². The summed E-state index contributed by atoms with van der Waals surface area (Å²) in [6, 6.07) is 6.50. The van der Waals surface area contributed by atoms with Gasteiger partial charge in [0.25, 0.3) is 11.8 Å². The fraction of sp³-hybridized carbons (Fsp3) is 0.395. The number of imidazole rings is 3. The number of morpholine rings is 1. The van der Waals surface area contributed by atoms with Crippen LogP contribution in [0.5, 0.6) is 5.75 Å². The monoisotopic (exact) mass is 847 g/mol. The minimum Gasteiger partial charge on any atom is -0.491 e. The van der Waals surface area contributed by atoms with Crippen LogP contribution in [0.3, 0.4) is 0 Å². The van der Waals surface area contributed by atoms with Gasteiger partial charge in [-0.05, 0) is 77.8 Å². The average molecular weight is 848 g/mol. The third kappa shape index (κ3) is 9.37. The molecule has 0 aliphatic carbocycles. The zero-order chi connectivity index (χ0) is 44.2. The summed E-state index contributed by atoms with van der Waals surface area (Å²) < 4.78 is 19.0. The first-order valence-corrected chi connectivity index (χ1v) is 20.6. The van der Waals surface area contributed by atoms with Crippen molar-refractivity contribution in [2.45, 2.75) is 73.1 Å². The Morgan fingerprint density at radius 1 is 0.806 bits per heavy atom. The summed E-state index contributed by atoms with van der Waals surface area (Å²) in [4.78, 5) is 73.0. The number of amides is 4. The van der Waals surface area contributed by atoms with Gasteiger partial charge in [0.1, 0.15) is 22.5 Å². The number of primary amides is 2. The van der Waals surface area contributed by atoms with Crippen LogP contribution in [0.1, 0.15) is 99.3 Å². The van der Waals surface area contributed by atoms with E-state index >= 15 is 0 Å². The normalized spacial score (nSPS) is 13.5. The van der Waals surface area contributed by atoms with Crippen LogP contribution in [0.25, 0.3) is 22.2 Å². The summed E-state index contributed by atoms with van der Waals surface area (Å²) in [5.41, 5.74) is 15.5. The molecule has 0 unspecified atom stereocenters. The standard InChI is InChI=1S/C43H53N13O6/c1-25(2)55-23-27(5)18-33(55)40(59)50-43-49-32-20-30(37(45)58)22-46-38(32)54(43)12-8-7-11-53-35-31(48-42(53)51-41(60)39-47-28(6)24-56(39)26(3)4)19-29(36(44)57)21-34(35)62-15-9-10-52-13-16-61-17-14-52/h7-8,18-26H,9-17H2,1-6H3,(H2,44,57)(H2,45,58)(H,48,51,60)(H,49,50,59)/b8-7+. The van der Waals surface area contributed by atoms with Gasteiger partial charge in [-0.2, -0.15) is 0 Å². The van der Waals surface area contributed by atoms with Gasteiger partial charge < -0.3 is 34.6 Å². The summed E-state index contributed by atoms with van der Waals surface area (Å²) in [7, 11) is 0. The highest BCUT2D eigenvalue weighted by Gasteiger charge is 2.24. The number of hydrogen-bond acceptors (Lipinski definition) is 11.